The monoisotopic (exact) mass is 492 g/mol. The highest BCUT2D eigenvalue weighted by molar-refractivity contribution is 8.00. The molecule has 1 saturated carbocycles. The van der Waals surface area contributed by atoms with Gasteiger partial charge in [-0.1, -0.05) is 67.4 Å². The van der Waals surface area contributed by atoms with Crippen LogP contribution < -0.4 is 10.9 Å². The lowest BCUT2D eigenvalue weighted by atomic mass is 9.83. The van der Waals surface area contributed by atoms with Gasteiger partial charge in [0.05, 0.1) is 16.7 Å². The van der Waals surface area contributed by atoms with E-state index in [0.29, 0.717) is 34.8 Å². The fourth-order valence-corrected chi connectivity index (χ4v) is 6.56. The van der Waals surface area contributed by atoms with Crippen LogP contribution in [0.1, 0.15) is 44.6 Å². The third kappa shape index (κ3) is 4.68. The predicted molar refractivity (Wildman–Crippen MR) is 139 cm³/mol. The minimum Gasteiger partial charge on any atom is -0.337 e. The number of nitriles is 1. The van der Waals surface area contributed by atoms with Crippen molar-refractivity contribution in [1.29, 1.82) is 5.26 Å². The Bertz CT molecular complexity index is 1310. The molecule has 34 heavy (non-hydrogen) atoms. The van der Waals surface area contributed by atoms with Gasteiger partial charge in [-0.2, -0.15) is 5.26 Å². The second kappa shape index (κ2) is 10.2. The number of fused-ring (bicyclic) bond motifs is 1. The molecule has 8 heteroatoms. The van der Waals surface area contributed by atoms with Gasteiger partial charge in [-0.05, 0) is 37.8 Å². The van der Waals surface area contributed by atoms with Crippen LogP contribution in [0.4, 0.5) is 0 Å². The minimum absolute atomic E-state index is 0.128. The number of thioether (sulfide) groups is 1. The number of allylic oxidation sites excluding steroid dienone is 1. The van der Waals surface area contributed by atoms with Gasteiger partial charge >= 0.3 is 0 Å². The molecular formula is C26H28N4O2S2. The molecule has 0 aliphatic heterocycles. The molecule has 0 spiro atoms. The zero-order valence-corrected chi connectivity index (χ0v) is 21.1. The van der Waals surface area contributed by atoms with Gasteiger partial charge < -0.3 is 5.32 Å². The zero-order valence-electron chi connectivity index (χ0n) is 19.5. The number of nitrogens with zero attached hydrogens (tertiary/aromatic N) is 3. The number of aromatic nitrogens is 2. The normalized spacial score (nSPS) is 16.0. The first-order chi connectivity index (χ1) is 16.4. The number of hydrogen-bond acceptors (Lipinski definition) is 6. The number of nitrogens with one attached hydrogen (secondary N) is 1. The molecule has 1 aliphatic carbocycles. The van der Waals surface area contributed by atoms with Crippen molar-refractivity contribution >= 4 is 39.2 Å². The molecule has 0 bridgehead atoms. The molecule has 4 rings (SSSR count). The summed E-state index contributed by atoms with van der Waals surface area (Å²) in [7, 11) is 0. The zero-order chi connectivity index (χ0) is 24.3. The van der Waals surface area contributed by atoms with Crippen LogP contribution in [0, 0.1) is 18.3 Å². The number of thiophene rings is 1. The average Bonchev–Trinajstić information content (AvgIpc) is 3.18. The van der Waals surface area contributed by atoms with Crippen LogP contribution in [0.5, 0.6) is 0 Å². The molecule has 1 amide bonds. The van der Waals surface area contributed by atoms with Crippen molar-refractivity contribution in [1.82, 2.24) is 14.9 Å². The molecule has 1 aromatic carbocycles. The molecule has 1 fully saturated rings. The fourth-order valence-electron chi connectivity index (χ4n) is 4.41. The molecule has 6 nitrogen and oxygen atoms in total. The van der Waals surface area contributed by atoms with Gasteiger partial charge in [0.25, 0.3) is 5.56 Å². The van der Waals surface area contributed by atoms with Gasteiger partial charge in [-0.15, -0.1) is 17.9 Å². The second-order valence-electron chi connectivity index (χ2n) is 8.71. The number of carbonyl (C=O) groups is 1. The maximum atomic E-state index is 13.5. The first-order valence-electron chi connectivity index (χ1n) is 11.5. The largest absolute Gasteiger partial charge is 0.337 e. The van der Waals surface area contributed by atoms with Crippen molar-refractivity contribution in [2.75, 3.05) is 0 Å². The second-order valence-corrected chi connectivity index (χ2v) is 11.0. The van der Waals surface area contributed by atoms with E-state index in [0.717, 1.165) is 35.3 Å². The van der Waals surface area contributed by atoms with Crippen molar-refractivity contribution in [3.05, 3.63) is 58.9 Å². The van der Waals surface area contributed by atoms with Crippen molar-refractivity contribution in [3.63, 3.8) is 0 Å². The Labute approximate surface area is 207 Å². The highest BCUT2D eigenvalue weighted by Crippen LogP contribution is 2.37. The summed E-state index contributed by atoms with van der Waals surface area (Å²) < 4.78 is 1.58. The predicted octanol–water partition coefficient (Wildman–Crippen LogP) is 5.44. The summed E-state index contributed by atoms with van der Waals surface area (Å²) in [6.07, 6.45) is 5.98. The van der Waals surface area contributed by atoms with E-state index >= 15 is 0 Å². The molecule has 1 aliphatic rings. The lowest BCUT2D eigenvalue weighted by molar-refractivity contribution is -0.121. The SMILES string of the molecule is C=CCn1c(SC(C)C(=O)NC2(C#N)CCCCC2)nc2sc(-c3ccccc3)c(C)c2c1=O. The molecule has 0 saturated heterocycles. The van der Waals surface area contributed by atoms with E-state index in [4.69, 9.17) is 4.98 Å². The van der Waals surface area contributed by atoms with Gasteiger partial charge in [-0.25, -0.2) is 4.98 Å². The van der Waals surface area contributed by atoms with Crippen LogP contribution in [0.15, 0.2) is 52.9 Å². The molecule has 1 unspecified atom stereocenters. The number of benzene rings is 1. The lowest BCUT2D eigenvalue weighted by Crippen LogP contribution is -2.51. The van der Waals surface area contributed by atoms with Crippen molar-refractivity contribution in [3.8, 4) is 16.5 Å². The lowest BCUT2D eigenvalue weighted by Gasteiger charge is -2.32. The maximum absolute atomic E-state index is 13.5. The summed E-state index contributed by atoms with van der Waals surface area (Å²) in [5.74, 6) is -0.208. The van der Waals surface area contributed by atoms with Gasteiger partial charge in [0, 0.05) is 11.4 Å². The Kier molecular flexibility index (Phi) is 7.24. The molecular weight excluding hydrogens is 464 g/mol. The van der Waals surface area contributed by atoms with Gasteiger partial charge in [-0.3, -0.25) is 14.2 Å². The van der Waals surface area contributed by atoms with E-state index in [1.54, 1.807) is 17.6 Å². The Morgan fingerprint density at radius 1 is 1.35 bits per heavy atom. The van der Waals surface area contributed by atoms with Crippen LogP contribution in [0.25, 0.3) is 20.7 Å². The summed E-state index contributed by atoms with van der Waals surface area (Å²) in [5.41, 5.74) is 1.04. The smallest absolute Gasteiger partial charge is 0.263 e. The third-order valence-corrected chi connectivity index (χ3v) is 8.62. The molecule has 0 radical (unpaired) electrons. The quantitative estimate of drug-likeness (QED) is 0.269. The molecule has 2 aromatic heterocycles. The van der Waals surface area contributed by atoms with Crippen molar-refractivity contribution < 1.29 is 4.79 Å². The number of aryl methyl sites for hydroxylation is 1. The Hall–Kier alpha value is -2.89. The number of amides is 1. The summed E-state index contributed by atoms with van der Waals surface area (Å²) in [5, 5.41) is 13.3. The highest BCUT2D eigenvalue weighted by Gasteiger charge is 2.35. The molecule has 2 heterocycles. The van der Waals surface area contributed by atoms with E-state index in [2.05, 4.69) is 18.0 Å². The molecule has 1 atom stereocenters. The van der Waals surface area contributed by atoms with E-state index in [9.17, 15) is 14.9 Å². The topological polar surface area (TPSA) is 87.8 Å². The third-order valence-electron chi connectivity index (χ3n) is 6.30. The van der Waals surface area contributed by atoms with E-state index in [-0.39, 0.29) is 11.5 Å². The summed E-state index contributed by atoms with van der Waals surface area (Å²) in [6.45, 7) is 7.84. The Morgan fingerprint density at radius 3 is 2.71 bits per heavy atom. The Balaban J connectivity index is 1.68. The van der Waals surface area contributed by atoms with Gasteiger partial charge in [0.1, 0.15) is 10.4 Å². The van der Waals surface area contributed by atoms with Crippen LogP contribution in [0.2, 0.25) is 0 Å². The standard InChI is InChI=1S/C26H28N4O2S2/c1-4-15-30-24(32)20-17(2)21(19-11-7-5-8-12-19)34-23(20)28-25(30)33-18(3)22(31)29-26(16-27)13-9-6-10-14-26/h4-5,7-8,11-12,18H,1,6,9-10,13-15H2,2-3H3,(H,29,31). The van der Waals surface area contributed by atoms with Crippen molar-refractivity contribution in [2.24, 2.45) is 0 Å². The summed E-state index contributed by atoms with van der Waals surface area (Å²) >= 11 is 2.74. The first-order valence-corrected chi connectivity index (χ1v) is 13.2. The van der Waals surface area contributed by atoms with Crippen LogP contribution in [-0.2, 0) is 11.3 Å². The van der Waals surface area contributed by atoms with Crippen LogP contribution in [0.3, 0.4) is 0 Å². The van der Waals surface area contributed by atoms with E-state index in [1.807, 2.05) is 37.3 Å². The van der Waals surface area contributed by atoms with Gasteiger partial charge in [0.15, 0.2) is 5.16 Å². The van der Waals surface area contributed by atoms with Crippen LogP contribution >= 0.6 is 23.1 Å². The number of hydrogen-bond donors (Lipinski definition) is 1. The Morgan fingerprint density at radius 2 is 2.06 bits per heavy atom. The minimum atomic E-state index is -0.794. The van der Waals surface area contributed by atoms with E-state index < -0.39 is 10.8 Å². The molecule has 176 valence electrons. The highest BCUT2D eigenvalue weighted by atomic mass is 32.2. The fraction of sp³-hybridized carbons (Fsp3) is 0.385. The summed E-state index contributed by atoms with van der Waals surface area (Å²) in [4.78, 5) is 33.0. The summed E-state index contributed by atoms with van der Waals surface area (Å²) in [6, 6.07) is 12.3. The van der Waals surface area contributed by atoms with E-state index in [1.165, 1.54) is 23.1 Å². The van der Waals surface area contributed by atoms with Crippen molar-refractivity contribution in [2.45, 2.75) is 68.4 Å². The molecule has 1 N–H and O–H groups in total. The van der Waals surface area contributed by atoms with Crippen LogP contribution in [-0.4, -0.2) is 26.2 Å². The number of carbonyl (C=O) groups excluding carboxylic acids is 1. The maximum Gasteiger partial charge on any atom is 0.263 e. The average molecular weight is 493 g/mol. The first kappa shape index (κ1) is 24.2. The molecule has 3 aromatic rings. The van der Waals surface area contributed by atoms with Gasteiger partial charge in [0.2, 0.25) is 5.91 Å². The number of rotatable bonds is 7.